The van der Waals surface area contributed by atoms with Gasteiger partial charge in [0.1, 0.15) is 46.2 Å². The van der Waals surface area contributed by atoms with Gasteiger partial charge in [-0.3, -0.25) is 4.57 Å². The second-order valence-corrected chi connectivity index (χ2v) is 12.0. The van der Waals surface area contributed by atoms with Crippen molar-refractivity contribution in [1.29, 1.82) is 0 Å². The minimum atomic E-state index is -4.01. The van der Waals surface area contributed by atoms with Crippen molar-refractivity contribution >= 4 is 41.8 Å². The van der Waals surface area contributed by atoms with E-state index in [-0.39, 0.29) is 12.7 Å². The summed E-state index contributed by atoms with van der Waals surface area (Å²) in [6.07, 6.45) is -7.65. The summed E-state index contributed by atoms with van der Waals surface area (Å²) in [7, 11) is 7.50. The summed E-state index contributed by atoms with van der Waals surface area (Å²) in [5.41, 5.74) is 0. The smallest absolute Gasteiger partial charge is 0.328 e. The van der Waals surface area contributed by atoms with Crippen LogP contribution in [-0.2, 0) is 44.2 Å². The summed E-state index contributed by atoms with van der Waals surface area (Å²) in [5.74, 6) is 0. The number of alkyl halides is 1. The van der Waals surface area contributed by atoms with Crippen LogP contribution in [0.25, 0.3) is 0 Å². The van der Waals surface area contributed by atoms with E-state index in [1.807, 2.05) is 0 Å². The molecule has 2 saturated heterocycles. The number of hydrogen-bond acceptors (Lipinski definition) is 9. The quantitative estimate of drug-likeness (QED) is 0.277. The lowest BCUT2D eigenvalue weighted by molar-refractivity contribution is -0.0763. The fourth-order valence-electron chi connectivity index (χ4n) is 3.01. The first-order chi connectivity index (χ1) is 13.7. The van der Waals surface area contributed by atoms with Crippen LogP contribution in [0, 0.1) is 0 Å². The van der Waals surface area contributed by atoms with Crippen LogP contribution in [0.1, 0.15) is 13.8 Å². The van der Waals surface area contributed by atoms with Crippen LogP contribution in [0.5, 0.6) is 0 Å². The average Bonchev–Trinajstić information content (AvgIpc) is 3.01. The molecule has 0 saturated carbocycles. The van der Waals surface area contributed by atoms with Crippen molar-refractivity contribution in [3.8, 4) is 0 Å². The maximum atomic E-state index is 14.6. The number of aliphatic hydroxyl groups is 1. The lowest BCUT2D eigenvalue weighted by Gasteiger charge is -2.26. The highest BCUT2D eigenvalue weighted by Crippen LogP contribution is 2.49. The molecule has 9 atom stereocenters. The van der Waals surface area contributed by atoms with E-state index >= 15 is 0 Å². The second kappa shape index (κ2) is 10.7. The van der Waals surface area contributed by atoms with Crippen molar-refractivity contribution in [2.24, 2.45) is 0 Å². The highest BCUT2D eigenvalue weighted by molar-refractivity contribution is 8.06. The molecule has 2 heterocycles. The summed E-state index contributed by atoms with van der Waals surface area (Å²) in [6.45, 7) is -0.253. The van der Waals surface area contributed by atoms with Gasteiger partial charge in [-0.1, -0.05) is 0 Å². The van der Waals surface area contributed by atoms with Crippen LogP contribution in [0.2, 0.25) is 0 Å². The molecule has 0 spiro atoms. The van der Waals surface area contributed by atoms with Gasteiger partial charge < -0.3 is 42.7 Å². The molecule has 2 fully saturated rings. The predicted molar refractivity (Wildman–Crippen MR) is 109 cm³/mol. The summed E-state index contributed by atoms with van der Waals surface area (Å²) >= 11 is 4.29. The molecule has 2 rings (SSSR count). The SMILES string of the molecule is [B][C@@H]1O[C@H](COP(C)(=O)OC2[C@H]([B])O[C@H](COP(O)(O)=S)[C@H]2F)[C@H](OC(C)C)C1O. The lowest BCUT2D eigenvalue weighted by Crippen LogP contribution is -2.39. The van der Waals surface area contributed by atoms with Crippen molar-refractivity contribution in [3.63, 3.8) is 0 Å². The number of rotatable bonds is 10. The summed E-state index contributed by atoms with van der Waals surface area (Å²) in [6, 6.07) is -2.32. The summed E-state index contributed by atoms with van der Waals surface area (Å²) in [5, 5.41) is 10.1. The van der Waals surface area contributed by atoms with Gasteiger partial charge in [-0.2, -0.15) is 0 Å². The van der Waals surface area contributed by atoms with E-state index in [1.165, 1.54) is 0 Å². The molecule has 2 aliphatic heterocycles. The predicted octanol–water partition coefficient (Wildman–Crippen LogP) is -0.284. The normalized spacial score (nSPS) is 39.5. The number of hydrogen-bond donors (Lipinski definition) is 3. The Hall–Kier alpha value is 0.580. The first-order valence-electron chi connectivity index (χ1n) is 9.10. The van der Waals surface area contributed by atoms with E-state index in [2.05, 4.69) is 16.3 Å². The van der Waals surface area contributed by atoms with E-state index in [0.29, 0.717) is 0 Å². The molecule has 3 unspecified atom stereocenters. The molecule has 0 aromatic carbocycles. The molecular formula is C14H25B2FO10P2S. The molecule has 10 nitrogen and oxygen atoms in total. The zero-order chi connectivity index (χ0) is 22.9. The molecule has 0 aliphatic carbocycles. The highest BCUT2D eigenvalue weighted by Gasteiger charge is 2.47. The van der Waals surface area contributed by atoms with Gasteiger partial charge in [0, 0.05) is 18.7 Å². The van der Waals surface area contributed by atoms with Gasteiger partial charge in [0.05, 0.1) is 19.3 Å². The fourth-order valence-corrected chi connectivity index (χ4v) is 4.69. The van der Waals surface area contributed by atoms with Gasteiger partial charge in [0.2, 0.25) is 0 Å². The molecule has 0 aromatic rings. The van der Waals surface area contributed by atoms with Crippen molar-refractivity contribution in [2.75, 3.05) is 19.9 Å². The zero-order valence-corrected chi connectivity index (χ0v) is 19.3. The Balaban J connectivity index is 1.93. The molecule has 30 heavy (non-hydrogen) atoms. The Kier molecular flexibility index (Phi) is 9.54. The van der Waals surface area contributed by atoms with Crippen molar-refractivity contribution in [3.05, 3.63) is 0 Å². The zero-order valence-electron chi connectivity index (χ0n) is 16.6. The monoisotopic (exact) mass is 488 g/mol. The number of ether oxygens (including phenoxy) is 3. The topological polar surface area (TPSA) is 133 Å². The van der Waals surface area contributed by atoms with Crippen LogP contribution in [0.4, 0.5) is 4.39 Å². The maximum Gasteiger partial charge on any atom is 0.328 e. The van der Waals surface area contributed by atoms with Crippen LogP contribution >= 0.6 is 14.3 Å². The Labute approximate surface area is 182 Å². The molecular weight excluding hydrogens is 463 g/mol. The molecule has 0 amide bonds. The third-order valence-electron chi connectivity index (χ3n) is 4.32. The third kappa shape index (κ3) is 7.57. The molecule has 16 heteroatoms. The fraction of sp³-hybridized carbons (Fsp3) is 1.00. The van der Waals surface area contributed by atoms with E-state index in [1.54, 1.807) is 13.8 Å². The van der Waals surface area contributed by atoms with Gasteiger partial charge in [-0.15, -0.1) is 0 Å². The van der Waals surface area contributed by atoms with Crippen LogP contribution in [-0.4, -0.2) is 105 Å². The highest BCUT2D eigenvalue weighted by atomic mass is 32.5. The van der Waals surface area contributed by atoms with E-state index in [9.17, 15) is 14.1 Å². The third-order valence-corrected chi connectivity index (χ3v) is 6.37. The standard InChI is InChI=1S/C14H25B2FO10P2S/c1-6(2)24-11-8(26-13(15)10(11)18)5-22-28(3,19)27-12-9(17)7(25-14(12)16)4-23-29(20,21)30/h6-14,18H,4-5H2,1-3H3,(H2,20,21,30)/t7-,8-,9-,10?,11+,12?,13-,14-,28?/m1/s1. The van der Waals surface area contributed by atoms with Gasteiger partial charge in [0.15, 0.2) is 6.17 Å². The molecule has 3 N–H and O–H groups in total. The van der Waals surface area contributed by atoms with E-state index < -0.39 is 69.6 Å². The first kappa shape index (κ1) is 26.8. The first-order valence-corrected chi connectivity index (χ1v) is 13.7. The second-order valence-electron chi connectivity index (χ2n) is 7.29. The Morgan fingerprint density at radius 1 is 1.10 bits per heavy atom. The van der Waals surface area contributed by atoms with Gasteiger partial charge in [-0.05, 0) is 25.7 Å². The van der Waals surface area contributed by atoms with Crippen LogP contribution in [0.3, 0.4) is 0 Å². The number of halogens is 1. The van der Waals surface area contributed by atoms with E-state index in [0.717, 1.165) is 6.66 Å². The van der Waals surface area contributed by atoms with Gasteiger partial charge >= 0.3 is 14.3 Å². The lowest BCUT2D eigenvalue weighted by atomic mass is 9.93. The minimum Gasteiger partial charge on any atom is -0.388 e. The molecule has 0 bridgehead atoms. The van der Waals surface area contributed by atoms with Crippen LogP contribution < -0.4 is 0 Å². The number of aliphatic hydroxyl groups excluding tert-OH is 1. The largest absolute Gasteiger partial charge is 0.388 e. The van der Waals surface area contributed by atoms with Gasteiger partial charge in [0.25, 0.3) is 0 Å². The molecule has 4 radical (unpaired) electrons. The van der Waals surface area contributed by atoms with Crippen LogP contribution in [0.15, 0.2) is 0 Å². The van der Waals surface area contributed by atoms with Gasteiger partial charge in [-0.25, -0.2) is 4.39 Å². The molecule has 170 valence electrons. The Morgan fingerprint density at radius 2 is 1.67 bits per heavy atom. The maximum absolute atomic E-state index is 14.6. The van der Waals surface area contributed by atoms with Crippen molar-refractivity contribution < 1.29 is 51.6 Å². The van der Waals surface area contributed by atoms with E-state index in [4.69, 9.17) is 48.7 Å². The summed E-state index contributed by atoms with van der Waals surface area (Å²) in [4.78, 5) is 18.1. The van der Waals surface area contributed by atoms with Crippen molar-refractivity contribution in [2.45, 2.75) is 68.6 Å². The molecule has 2 aliphatic rings. The minimum absolute atomic E-state index is 0.236. The Morgan fingerprint density at radius 3 is 2.23 bits per heavy atom. The Bertz CT molecular complexity index is 673. The van der Waals surface area contributed by atoms with Crippen molar-refractivity contribution in [1.82, 2.24) is 0 Å². The average molecular weight is 488 g/mol. The summed E-state index contributed by atoms with van der Waals surface area (Å²) < 4.78 is 58.5. The molecule has 0 aromatic heterocycles.